The Bertz CT molecular complexity index is 1280. The standard InChI is InChI=1S/C27H24N4O2.C2H6.CH4S/c1-19-2-6-21(7-3-19)26-27(22-12-14-29-15-13-22)31-23(8-11-25(31)30-26)17-32-16-20-4-9-24(10-5-20)33-18-28;2*1-2/h2-7,9-10,12-15,23H,8,11,16-17H2,1H3;1-2H3;2H,1H3/t23-;;/m0../s1. The van der Waals surface area contributed by atoms with E-state index >= 15 is 0 Å². The van der Waals surface area contributed by atoms with Gasteiger partial charge in [-0.1, -0.05) is 55.8 Å². The Balaban J connectivity index is 0.000000907. The first kappa shape index (κ1) is 28.0. The van der Waals surface area contributed by atoms with Crippen LogP contribution in [0.2, 0.25) is 0 Å². The van der Waals surface area contributed by atoms with E-state index in [1.54, 1.807) is 24.6 Å². The normalized spacial score (nSPS) is 13.4. The van der Waals surface area contributed by atoms with Gasteiger partial charge in [-0.05, 0) is 49.4 Å². The predicted octanol–water partition coefficient (Wildman–Crippen LogP) is 7.06. The molecule has 6 nitrogen and oxygen atoms in total. The van der Waals surface area contributed by atoms with Gasteiger partial charge in [-0.2, -0.15) is 12.6 Å². The van der Waals surface area contributed by atoms with E-state index in [4.69, 9.17) is 19.7 Å². The molecule has 0 spiro atoms. The molecule has 4 aromatic rings. The van der Waals surface area contributed by atoms with Crippen LogP contribution in [0.4, 0.5) is 0 Å². The number of hydrogen-bond acceptors (Lipinski definition) is 6. The molecule has 192 valence electrons. The molecular weight excluding hydrogens is 480 g/mol. The van der Waals surface area contributed by atoms with E-state index in [1.807, 2.05) is 50.5 Å². The highest BCUT2D eigenvalue weighted by molar-refractivity contribution is 7.79. The van der Waals surface area contributed by atoms with Crippen LogP contribution in [0.3, 0.4) is 0 Å². The monoisotopic (exact) mass is 514 g/mol. The van der Waals surface area contributed by atoms with Crippen molar-refractivity contribution in [3.63, 3.8) is 0 Å². The molecule has 0 bridgehead atoms. The van der Waals surface area contributed by atoms with Gasteiger partial charge in [0.05, 0.1) is 30.6 Å². The van der Waals surface area contributed by atoms with E-state index in [0.717, 1.165) is 46.7 Å². The number of imidazole rings is 1. The summed E-state index contributed by atoms with van der Waals surface area (Å²) in [5.41, 5.74) is 6.63. The highest BCUT2D eigenvalue weighted by atomic mass is 32.1. The molecule has 0 N–H and O–H groups in total. The van der Waals surface area contributed by atoms with Crippen molar-refractivity contribution in [2.24, 2.45) is 0 Å². The van der Waals surface area contributed by atoms with Gasteiger partial charge in [-0.3, -0.25) is 4.98 Å². The van der Waals surface area contributed by atoms with Crippen molar-refractivity contribution in [2.45, 2.75) is 46.3 Å². The molecule has 0 radical (unpaired) electrons. The molecular formula is C30H34N4O2S. The maximum absolute atomic E-state index is 8.62. The molecule has 3 heterocycles. The van der Waals surface area contributed by atoms with Crippen molar-refractivity contribution < 1.29 is 9.47 Å². The number of pyridine rings is 1. The molecule has 0 unspecified atom stereocenters. The van der Waals surface area contributed by atoms with Crippen molar-refractivity contribution in [1.29, 1.82) is 5.26 Å². The number of thiol groups is 1. The van der Waals surface area contributed by atoms with Gasteiger partial charge in [-0.25, -0.2) is 4.98 Å². The van der Waals surface area contributed by atoms with E-state index < -0.39 is 0 Å². The van der Waals surface area contributed by atoms with E-state index in [0.29, 0.717) is 19.0 Å². The topological polar surface area (TPSA) is 73.0 Å². The summed E-state index contributed by atoms with van der Waals surface area (Å²) >= 11 is 3.53. The second kappa shape index (κ2) is 14.2. The first-order chi connectivity index (χ1) is 18.2. The Morgan fingerprint density at radius 2 is 1.65 bits per heavy atom. The SMILES string of the molecule is CC.CS.Cc1ccc(-c2nc3n(c2-c2ccncc2)[C@H](COCc2ccc(OC#N)cc2)CC3)cc1. The lowest BCUT2D eigenvalue weighted by Gasteiger charge is -2.18. The van der Waals surface area contributed by atoms with E-state index in [9.17, 15) is 0 Å². The molecule has 0 fully saturated rings. The number of aromatic nitrogens is 3. The molecule has 0 aliphatic carbocycles. The molecule has 1 aliphatic rings. The number of fused-ring (bicyclic) bond motifs is 1. The van der Waals surface area contributed by atoms with E-state index in [2.05, 4.69) is 53.4 Å². The zero-order chi connectivity index (χ0) is 26.6. The molecule has 1 atom stereocenters. The molecule has 37 heavy (non-hydrogen) atoms. The molecule has 0 saturated heterocycles. The Morgan fingerprint density at radius 3 is 2.30 bits per heavy atom. The van der Waals surface area contributed by atoms with Gasteiger partial charge in [-0.15, -0.1) is 5.26 Å². The number of nitriles is 1. The number of hydrogen-bond donors (Lipinski definition) is 1. The molecule has 5 rings (SSSR count). The smallest absolute Gasteiger partial charge is 0.292 e. The van der Waals surface area contributed by atoms with Crippen molar-refractivity contribution in [1.82, 2.24) is 14.5 Å². The Hall–Kier alpha value is -3.60. The maximum Gasteiger partial charge on any atom is 0.292 e. The van der Waals surface area contributed by atoms with Gasteiger partial charge in [0.1, 0.15) is 11.6 Å². The number of aryl methyl sites for hydroxylation is 2. The zero-order valence-corrected chi connectivity index (χ0v) is 22.8. The average Bonchev–Trinajstić information content (AvgIpc) is 3.53. The van der Waals surface area contributed by atoms with Crippen LogP contribution in [0.25, 0.3) is 22.5 Å². The van der Waals surface area contributed by atoms with Crippen LogP contribution >= 0.6 is 12.6 Å². The fraction of sp³-hybridized carbons (Fsp3) is 0.300. The summed E-state index contributed by atoms with van der Waals surface area (Å²) in [5, 5.41) is 8.62. The first-order valence-corrected chi connectivity index (χ1v) is 13.4. The number of ether oxygens (including phenoxy) is 2. The third kappa shape index (κ3) is 6.79. The van der Waals surface area contributed by atoms with Crippen molar-refractivity contribution in [2.75, 3.05) is 12.9 Å². The van der Waals surface area contributed by atoms with Gasteiger partial charge in [0.15, 0.2) is 0 Å². The largest absolute Gasteiger partial charge is 0.388 e. The quantitative estimate of drug-likeness (QED) is 0.211. The van der Waals surface area contributed by atoms with Crippen LogP contribution in [-0.4, -0.2) is 27.4 Å². The summed E-state index contributed by atoms with van der Waals surface area (Å²) in [7, 11) is 0. The summed E-state index contributed by atoms with van der Waals surface area (Å²) in [6, 6.07) is 20.2. The van der Waals surface area contributed by atoms with Gasteiger partial charge >= 0.3 is 0 Å². The summed E-state index contributed by atoms with van der Waals surface area (Å²) in [6.45, 7) is 7.20. The second-order valence-corrected chi connectivity index (χ2v) is 8.24. The van der Waals surface area contributed by atoms with Crippen molar-refractivity contribution in [3.8, 4) is 34.5 Å². The summed E-state index contributed by atoms with van der Waals surface area (Å²) in [4.78, 5) is 9.26. The highest BCUT2D eigenvalue weighted by Crippen LogP contribution is 2.39. The van der Waals surface area contributed by atoms with Crippen LogP contribution in [0.15, 0.2) is 73.1 Å². The van der Waals surface area contributed by atoms with E-state index in [-0.39, 0.29) is 6.04 Å². The summed E-state index contributed by atoms with van der Waals surface area (Å²) in [5.74, 6) is 1.63. The lowest BCUT2D eigenvalue weighted by Crippen LogP contribution is -2.13. The minimum Gasteiger partial charge on any atom is -0.388 e. The molecule has 7 heteroatoms. The number of rotatable bonds is 7. The minimum atomic E-state index is 0.219. The number of nitrogens with zero attached hydrogens (tertiary/aromatic N) is 4. The molecule has 2 aromatic heterocycles. The van der Waals surface area contributed by atoms with Crippen LogP contribution < -0.4 is 4.74 Å². The molecule has 2 aromatic carbocycles. The van der Waals surface area contributed by atoms with Crippen molar-refractivity contribution in [3.05, 3.63) is 90.0 Å². The van der Waals surface area contributed by atoms with Crippen molar-refractivity contribution >= 4 is 12.6 Å². The van der Waals surface area contributed by atoms with Crippen LogP contribution in [0.1, 0.15) is 43.3 Å². The Morgan fingerprint density at radius 1 is 0.973 bits per heavy atom. The van der Waals surface area contributed by atoms with Gasteiger partial charge in [0.25, 0.3) is 6.26 Å². The maximum atomic E-state index is 8.62. The fourth-order valence-electron chi connectivity index (χ4n) is 4.35. The third-order valence-corrected chi connectivity index (χ3v) is 6.00. The zero-order valence-electron chi connectivity index (χ0n) is 21.9. The Labute approximate surface area is 225 Å². The summed E-state index contributed by atoms with van der Waals surface area (Å²) in [6.07, 6.45) is 8.97. The van der Waals surface area contributed by atoms with E-state index in [1.165, 1.54) is 5.56 Å². The molecule has 0 saturated carbocycles. The van der Waals surface area contributed by atoms with Gasteiger partial charge < -0.3 is 14.0 Å². The minimum absolute atomic E-state index is 0.219. The first-order valence-electron chi connectivity index (χ1n) is 12.5. The molecule has 1 aliphatic heterocycles. The van der Waals surface area contributed by atoms with Gasteiger partial charge in [0, 0.05) is 29.9 Å². The average molecular weight is 515 g/mol. The van der Waals surface area contributed by atoms with Gasteiger partial charge in [0.2, 0.25) is 0 Å². The fourth-order valence-corrected chi connectivity index (χ4v) is 4.35. The summed E-state index contributed by atoms with van der Waals surface area (Å²) < 4.78 is 13.3. The van der Waals surface area contributed by atoms with Crippen LogP contribution in [0, 0.1) is 18.4 Å². The lowest BCUT2D eigenvalue weighted by atomic mass is 10.0. The lowest BCUT2D eigenvalue weighted by molar-refractivity contribution is 0.0925. The van der Waals surface area contributed by atoms with Crippen LogP contribution in [0.5, 0.6) is 5.75 Å². The van der Waals surface area contributed by atoms with Crippen LogP contribution in [-0.2, 0) is 17.8 Å². The molecule has 0 amide bonds. The number of benzene rings is 2. The third-order valence-electron chi connectivity index (χ3n) is 6.00. The Kier molecular flexibility index (Phi) is 10.8. The predicted molar refractivity (Wildman–Crippen MR) is 152 cm³/mol. The highest BCUT2D eigenvalue weighted by Gasteiger charge is 2.30. The second-order valence-electron chi connectivity index (χ2n) is 8.24.